The highest BCUT2D eigenvalue weighted by atomic mass is 16.6. The van der Waals surface area contributed by atoms with Crippen molar-refractivity contribution in [2.75, 3.05) is 7.05 Å². The fourth-order valence-electron chi connectivity index (χ4n) is 0.736. The molecule has 1 aromatic carbocycles. The highest BCUT2D eigenvalue weighted by Gasteiger charge is 2.06. The normalized spacial score (nSPS) is 9.00. The van der Waals surface area contributed by atoms with Crippen LogP contribution in [0.5, 0.6) is 5.75 Å². The second-order valence-corrected chi connectivity index (χ2v) is 2.47. The number of carbonyl (C=O) groups is 1. The lowest BCUT2D eigenvalue weighted by atomic mass is 10.3. The van der Waals surface area contributed by atoms with Crippen LogP contribution in [0.25, 0.3) is 0 Å². The lowest BCUT2D eigenvalue weighted by molar-refractivity contribution is 0.177. The van der Waals surface area contributed by atoms with Crippen molar-refractivity contribution in [1.82, 2.24) is 4.90 Å². The van der Waals surface area contributed by atoms with Crippen LogP contribution in [0.15, 0.2) is 43.1 Å². The molecule has 0 aliphatic heterocycles. The van der Waals surface area contributed by atoms with Crippen molar-refractivity contribution in [3.8, 4) is 5.75 Å². The summed E-state index contributed by atoms with van der Waals surface area (Å²) < 4.78 is 4.98. The summed E-state index contributed by atoms with van der Waals surface area (Å²) in [5.74, 6) is 0.529. The number of hydrogen-bond donors (Lipinski definition) is 0. The molecule has 0 saturated heterocycles. The van der Waals surface area contributed by atoms with Crippen molar-refractivity contribution in [3.63, 3.8) is 0 Å². The van der Waals surface area contributed by atoms with Gasteiger partial charge in [-0.15, -0.1) is 0 Å². The van der Waals surface area contributed by atoms with Gasteiger partial charge in [0.2, 0.25) is 0 Å². The Hall–Kier alpha value is -1.77. The molecule has 13 heavy (non-hydrogen) atoms. The van der Waals surface area contributed by atoms with Crippen molar-refractivity contribution >= 4 is 6.09 Å². The Morgan fingerprint density at radius 1 is 1.46 bits per heavy atom. The van der Waals surface area contributed by atoms with Crippen LogP contribution in [0, 0.1) is 0 Å². The number of benzene rings is 1. The molecule has 0 heterocycles. The zero-order valence-electron chi connectivity index (χ0n) is 7.43. The minimum absolute atomic E-state index is 0.443. The molecule has 0 radical (unpaired) electrons. The average Bonchev–Trinajstić information content (AvgIpc) is 2.18. The molecule has 0 aromatic heterocycles. The molecule has 0 bridgehead atoms. The molecule has 0 aliphatic rings. The molecule has 0 saturated carbocycles. The minimum Gasteiger partial charge on any atom is -0.410 e. The van der Waals surface area contributed by atoms with Crippen LogP contribution in [0.2, 0.25) is 0 Å². The Morgan fingerprint density at radius 2 is 2.08 bits per heavy atom. The predicted octanol–water partition coefficient (Wildman–Crippen LogP) is 2.26. The van der Waals surface area contributed by atoms with E-state index in [-0.39, 0.29) is 0 Å². The Bertz CT molecular complexity index is 295. The second kappa shape index (κ2) is 4.30. The zero-order chi connectivity index (χ0) is 9.68. The monoisotopic (exact) mass is 177 g/mol. The molecule has 1 amide bonds. The fourth-order valence-corrected chi connectivity index (χ4v) is 0.736. The topological polar surface area (TPSA) is 29.5 Å². The van der Waals surface area contributed by atoms with Gasteiger partial charge in [0.25, 0.3) is 0 Å². The van der Waals surface area contributed by atoms with E-state index in [1.807, 2.05) is 6.07 Å². The zero-order valence-corrected chi connectivity index (χ0v) is 7.43. The van der Waals surface area contributed by atoms with Crippen LogP contribution in [-0.4, -0.2) is 18.0 Å². The summed E-state index contributed by atoms with van der Waals surface area (Å²) in [7, 11) is 1.58. The highest BCUT2D eigenvalue weighted by Crippen LogP contribution is 2.09. The quantitative estimate of drug-likeness (QED) is 0.693. The van der Waals surface area contributed by atoms with Gasteiger partial charge in [0, 0.05) is 13.2 Å². The Balaban J connectivity index is 2.60. The van der Waals surface area contributed by atoms with E-state index < -0.39 is 6.09 Å². The molecule has 0 atom stereocenters. The summed E-state index contributed by atoms with van der Waals surface area (Å²) in [6.07, 6.45) is 0.951. The lowest BCUT2D eigenvalue weighted by Gasteiger charge is -2.10. The molecule has 0 N–H and O–H groups in total. The Labute approximate surface area is 77.2 Å². The Morgan fingerprint density at radius 3 is 2.62 bits per heavy atom. The summed E-state index contributed by atoms with van der Waals surface area (Å²) in [6.45, 7) is 3.45. The first-order valence-electron chi connectivity index (χ1n) is 3.86. The van der Waals surface area contributed by atoms with Gasteiger partial charge >= 0.3 is 6.09 Å². The Kier molecular flexibility index (Phi) is 3.09. The van der Waals surface area contributed by atoms with Gasteiger partial charge in [-0.3, -0.25) is 4.90 Å². The summed E-state index contributed by atoms with van der Waals surface area (Å²) in [6, 6.07) is 8.89. The smallest absolute Gasteiger partial charge is 0.410 e. The average molecular weight is 177 g/mol. The first kappa shape index (κ1) is 9.32. The molecular weight excluding hydrogens is 166 g/mol. The van der Waals surface area contributed by atoms with E-state index in [0.29, 0.717) is 5.75 Å². The third kappa shape index (κ3) is 2.63. The molecule has 1 aromatic rings. The predicted molar refractivity (Wildman–Crippen MR) is 50.4 cm³/mol. The fraction of sp³-hybridized carbons (Fsp3) is 0.100. The summed E-state index contributed by atoms with van der Waals surface area (Å²) in [4.78, 5) is 12.4. The van der Waals surface area contributed by atoms with E-state index in [4.69, 9.17) is 4.74 Å². The summed E-state index contributed by atoms with van der Waals surface area (Å²) in [5.41, 5.74) is 0. The SMILES string of the molecule is C=CN(C)C(=O)Oc1ccccc1. The molecule has 0 aliphatic carbocycles. The van der Waals surface area contributed by atoms with E-state index in [0.717, 1.165) is 0 Å². The maximum absolute atomic E-state index is 11.2. The van der Waals surface area contributed by atoms with Gasteiger partial charge in [0.1, 0.15) is 5.75 Å². The van der Waals surface area contributed by atoms with Crippen LogP contribution in [0.4, 0.5) is 4.79 Å². The van der Waals surface area contributed by atoms with Gasteiger partial charge < -0.3 is 4.74 Å². The number of amides is 1. The number of para-hydroxylation sites is 1. The molecule has 0 spiro atoms. The van der Waals surface area contributed by atoms with Crippen molar-refractivity contribution < 1.29 is 9.53 Å². The molecule has 1 rings (SSSR count). The van der Waals surface area contributed by atoms with Crippen molar-refractivity contribution in [1.29, 1.82) is 0 Å². The number of nitrogens with zero attached hydrogens (tertiary/aromatic N) is 1. The number of ether oxygens (including phenoxy) is 1. The number of hydrogen-bond acceptors (Lipinski definition) is 2. The second-order valence-electron chi connectivity index (χ2n) is 2.47. The van der Waals surface area contributed by atoms with Gasteiger partial charge in [0.05, 0.1) is 0 Å². The summed E-state index contributed by atoms with van der Waals surface area (Å²) >= 11 is 0. The van der Waals surface area contributed by atoms with E-state index in [2.05, 4.69) is 6.58 Å². The minimum atomic E-state index is -0.443. The standard InChI is InChI=1S/C10H11NO2/c1-3-11(2)10(12)13-9-7-5-4-6-8-9/h3-8H,1H2,2H3. The van der Waals surface area contributed by atoms with E-state index in [1.165, 1.54) is 11.1 Å². The number of carbonyl (C=O) groups excluding carboxylic acids is 1. The van der Waals surface area contributed by atoms with Crippen LogP contribution in [0.3, 0.4) is 0 Å². The molecular formula is C10H11NO2. The third-order valence-electron chi connectivity index (χ3n) is 1.51. The van der Waals surface area contributed by atoms with Crippen LogP contribution in [-0.2, 0) is 0 Å². The van der Waals surface area contributed by atoms with Crippen molar-refractivity contribution in [2.45, 2.75) is 0 Å². The van der Waals surface area contributed by atoms with Crippen LogP contribution < -0.4 is 4.74 Å². The van der Waals surface area contributed by atoms with Crippen LogP contribution >= 0.6 is 0 Å². The largest absolute Gasteiger partial charge is 0.418 e. The maximum atomic E-state index is 11.2. The lowest BCUT2D eigenvalue weighted by Crippen LogP contribution is -2.24. The highest BCUT2D eigenvalue weighted by molar-refractivity contribution is 5.71. The van der Waals surface area contributed by atoms with Gasteiger partial charge in [-0.2, -0.15) is 0 Å². The van der Waals surface area contributed by atoms with E-state index >= 15 is 0 Å². The van der Waals surface area contributed by atoms with Gasteiger partial charge in [-0.05, 0) is 12.1 Å². The molecule has 0 fully saturated rings. The molecule has 0 unspecified atom stereocenters. The molecule has 3 nitrogen and oxygen atoms in total. The first-order chi connectivity index (χ1) is 6.24. The van der Waals surface area contributed by atoms with Gasteiger partial charge in [0.15, 0.2) is 0 Å². The van der Waals surface area contributed by atoms with Crippen LogP contribution in [0.1, 0.15) is 0 Å². The molecule has 68 valence electrons. The first-order valence-corrected chi connectivity index (χ1v) is 3.86. The van der Waals surface area contributed by atoms with Gasteiger partial charge in [-0.1, -0.05) is 24.8 Å². The van der Waals surface area contributed by atoms with E-state index in [9.17, 15) is 4.79 Å². The van der Waals surface area contributed by atoms with Crippen molar-refractivity contribution in [3.05, 3.63) is 43.1 Å². The third-order valence-corrected chi connectivity index (χ3v) is 1.51. The summed E-state index contributed by atoms with van der Waals surface area (Å²) in [5, 5.41) is 0. The van der Waals surface area contributed by atoms with Crippen molar-refractivity contribution in [2.24, 2.45) is 0 Å². The maximum Gasteiger partial charge on any atom is 0.418 e. The van der Waals surface area contributed by atoms with E-state index in [1.54, 1.807) is 31.3 Å². The van der Waals surface area contributed by atoms with Gasteiger partial charge in [-0.25, -0.2) is 4.79 Å². The number of rotatable bonds is 2. The molecule has 3 heteroatoms.